The predicted molar refractivity (Wildman–Crippen MR) is 103 cm³/mol. The molecule has 7 atom stereocenters. The molecule has 148 valence electrons. The Bertz CT molecular complexity index is 767. The van der Waals surface area contributed by atoms with Crippen molar-refractivity contribution in [2.75, 3.05) is 6.61 Å². The first kappa shape index (κ1) is 18.3. The lowest BCUT2D eigenvalue weighted by atomic mass is 9.93. The van der Waals surface area contributed by atoms with Crippen LogP contribution in [0.25, 0.3) is 0 Å². The molecule has 2 aromatic carbocycles. The molecule has 5 rings (SSSR count). The Morgan fingerprint density at radius 1 is 0.857 bits per heavy atom. The first-order valence-electron chi connectivity index (χ1n) is 10.1. The Kier molecular flexibility index (Phi) is 5.18. The first-order chi connectivity index (χ1) is 13.8. The van der Waals surface area contributed by atoms with Crippen LogP contribution in [-0.2, 0) is 30.3 Å². The Labute approximate surface area is 165 Å². The van der Waals surface area contributed by atoms with Crippen molar-refractivity contribution in [3.8, 4) is 0 Å². The summed E-state index contributed by atoms with van der Waals surface area (Å²) in [5.74, 6) is 0. The van der Waals surface area contributed by atoms with Crippen LogP contribution in [0, 0.1) is 0 Å². The highest BCUT2D eigenvalue weighted by molar-refractivity contribution is 5.17. The monoisotopic (exact) mass is 382 g/mol. The second kappa shape index (κ2) is 7.93. The van der Waals surface area contributed by atoms with Gasteiger partial charge in [-0.1, -0.05) is 60.7 Å². The van der Waals surface area contributed by atoms with Crippen LogP contribution in [0.4, 0.5) is 0 Å². The van der Waals surface area contributed by atoms with Crippen LogP contribution in [0.15, 0.2) is 60.7 Å². The lowest BCUT2D eigenvalue weighted by molar-refractivity contribution is -0.329. The van der Waals surface area contributed by atoms with E-state index in [1.165, 1.54) is 0 Å². The average Bonchev–Trinajstić information content (AvgIpc) is 3.12. The Hall–Kier alpha value is -1.76. The molecule has 2 aromatic rings. The SMILES string of the molecule is C[C@H]1C[C@H]2O[C@@H]3COC(c4ccccc4)O[C@@H]3[C@H](OCc3ccccc3)[C@H]2O1. The van der Waals surface area contributed by atoms with Gasteiger partial charge in [0.25, 0.3) is 0 Å². The molecule has 5 heteroatoms. The largest absolute Gasteiger partial charge is 0.370 e. The second-order valence-corrected chi connectivity index (χ2v) is 7.80. The molecular formula is C23H26O5. The van der Waals surface area contributed by atoms with Gasteiger partial charge < -0.3 is 23.7 Å². The predicted octanol–water partition coefficient (Wildman–Crippen LogP) is 3.63. The zero-order valence-electron chi connectivity index (χ0n) is 16.0. The summed E-state index contributed by atoms with van der Waals surface area (Å²) in [6.45, 7) is 3.10. The summed E-state index contributed by atoms with van der Waals surface area (Å²) in [7, 11) is 0. The number of hydrogen-bond donors (Lipinski definition) is 0. The molecule has 0 spiro atoms. The van der Waals surface area contributed by atoms with Crippen molar-refractivity contribution in [2.24, 2.45) is 0 Å². The Morgan fingerprint density at radius 3 is 2.36 bits per heavy atom. The molecule has 1 unspecified atom stereocenters. The van der Waals surface area contributed by atoms with Gasteiger partial charge in [-0.05, 0) is 12.5 Å². The summed E-state index contributed by atoms with van der Waals surface area (Å²) in [5.41, 5.74) is 2.14. The fourth-order valence-electron chi connectivity index (χ4n) is 4.40. The number of rotatable bonds is 4. The molecule has 0 aliphatic carbocycles. The minimum Gasteiger partial charge on any atom is -0.370 e. The summed E-state index contributed by atoms with van der Waals surface area (Å²) < 4.78 is 31.2. The van der Waals surface area contributed by atoms with Gasteiger partial charge in [-0.3, -0.25) is 0 Å². The maximum atomic E-state index is 6.40. The van der Waals surface area contributed by atoms with Crippen molar-refractivity contribution in [1.82, 2.24) is 0 Å². The van der Waals surface area contributed by atoms with Crippen LogP contribution >= 0.6 is 0 Å². The molecule has 3 aliphatic heterocycles. The van der Waals surface area contributed by atoms with E-state index in [9.17, 15) is 0 Å². The van der Waals surface area contributed by atoms with E-state index in [0.717, 1.165) is 17.5 Å². The molecule has 3 fully saturated rings. The lowest BCUT2D eigenvalue weighted by Gasteiger charge is -2.47. The van der Waals surface area contributed by atoms with Crippen LogP contribution in [-0.4, -0.2) is 43.2 Å². The highest BCUT2D eigenvalue weighted by Gasteiger charge is 2.54. The van der Waals surface area contributed by atoms with E-state index in [1.54, 1.807) is 0 Å². The molecule has 0 aromatic heterocycles. The van der Waals surface area contributed by atoms with Gasteiger partial charge in [-0.2, -0.15) is 0 Å². The number of hydrogen-bond acceptors (Lipinski definition) is 5. The summed E-state index contributed by atoms with van der Waals surface area (Å²) in [6, 6.07) is 20.2. The molecule has 5 nitrogen and oxygen atoms in total. The summed E-state index contributed by atoms with van der Waals surface area (Å²) >= 11 is 0. The van der Waals surface area contributed by atoms with E-state index in [-0.39, 0.29) is 36.6 Å². The maximum Gasteiger partial charge on any atom is 0.184 e. The van der Waals surface area contributed by atoms with Gasteiger partial charge in [0.1, 0.15) is 24.4 Å². The van der Waals surface area contributed by atoms with E-state index in [1.807, 2.05) is 48.5 Å². The van der Waals surface area contributed by atoms with Crippen LogP contribution in [0.5, 0.6) is 0 Å². The standard InChI is InChI=1S/C23H26O5/c1-15-12-18-20(26-15)22(24-13-16-8-4-2-5-9-16)21-19(27-18)14-25-23(28-21)17-10-6-3-7-11-17/h2-11,15,18-23H,12-14H2,1H3/t15-,18+,19+,20-,21-,22+,23?/m0/s1. The number of benzene rings is 2. The maximum absolute atomic E-state index is 6.40. The topological polar surface area (TPSA) is 46.2 Å². The Balaban J connectivity index is 1.37. The second-order valence-electron chi connectivity index (χ2n) is 7.80. The molecule has 3 heterocycles. The third-order valence-electron chi connectivity index (χ3n) is 5.73. The molecule has 0 N–H and O–H groups in total. The third-order valence-corrected chi connectivity index (χ3v) is 5.73. The van der Waals surface area contributed by atoms with Crippen molar-refractivity contribution in [2.45, 2.75) is 62.9 Å². The molecule has 0 saturated carbocycles. The van der Waals surface area contributed by atoms with E-state index in [4.69, 9.17) is 23.7 Å². The van der Waals surface area contributed by atoms with Crippen molar-refractivity contribution in [3.63, 3.8) is 0 Å². The summed E-state index contributed by atoms with van der Waals surface area (Å²) in [5, 5.41) is 0. The normalized spacial score (nSPS) is 37.2. The van der Waals surface area contributed by atoms with Crippen LogP contribution < -0.4 is 0 Å². The van der Waals surface area contributed by atoms with E-state index in [2.05, 4.69) is 19.1 Å². The molecule has 28 heavy (non-hydrogen) atoms. The van der Waals surface area contributed by atoms with E-state index >= 15 is 0 Å². The number of ether oxygens (including phenoxy) is 5. The lowest BCUT2D eigenvalue weighted by Crippen LogP contribution is -2.61. The van der Waals surface area contributed by atoms with Gasteiger partial charge >= 0.3 is 0 Å². The van der Waals surface area contributed by atoms with Crippen LogP contribution in [0.2, 0.25) is 0 Å². The molecular weight excluding hydrogens is 356 g/mol. The molecule has 0 amide bonds. The molecule has 3 aliphatic rings. The first-order valence-corrected chi connectivity index (χ1v) is 10.1. The average molecular weight is 382 g/mol. The van der Waals surface area contributed by atoms with Gasteiger partial charge in [0, 0.05) is 12.0 Å². The van der Waals surface area contributed by atoms with Crippen molar-refractivity contribution in [3.05, 3.63) is 71.8 Å². The van der Waals surface area contributed by atoms with Gasteiger partial charge in [0.05, 0.1) is 25.4 Å². The Morgan fingerprint density at radius 2 is 1.57 bits per heavy atom. The van der Waals surface area contributed by atoms with Gasteiger partial charge in [-0.15, -0.1) is 0 Å². The highest BCUT2D eigenvalue weighted by Crippen LogP contribution is 2.40. The third kappa shape index (κ3) is 3.61. The van der Waals surface area contributed by atoms with Crippen LogP contribution in [0.1, 0.15) is 30.8 Å². The van der Waals surface area contributed by atoms with Gasteiger partial charge in [0.15, 0.2) is 6.29 Å². The summed E-state index contributed by atoms with van der Waals surface area (Å²) in [6.07, 6.45) is -0.0320. The van der Waals surface area contributed by atoms with Gasteiger partial charge in [-0.25, -0.2) is 0 Å². The zero-order valence-corrected chi connectivity index (χ0v) is 16.0. The molecule has 0 bridgehead atoms. The fourth-order valence-corrected chi connectivity index (χ4v) is 4.40. The zero-order chi connectivity index (χ0) is 18.9. The van der Waals surface area contributed by atoms with Gasteiger partial charge in [0.2, 0.25) is 0 Å². The minimum atomic E-state index is -0.413. The summed E-state index contributed by atoms with van der Waals surface area (Å²) in [4.78, 5) is 0. The smallest absolute Gasteiger partial charge is 0.184 e. The van der Waals surface area contributed by atoms with Crippen LogP contribution in [0.3, 0.4) is 0 Å². The highest BCUT2D eigenvalue weighted by atomic mass is 16.7. The van der Waals surface area contributed by atoms with Crippen molar-refractivity contribution in [1.29, 1.82) is 0 Å². The quantitative estimate of drug-likeness (QED) is 0.808. The van der Waals surface area contributed by atoms with E-state index < -0.39 is 6.29 Å². The van der Waals surface area contributed by atoms with Crippen molar-refractivity contribution >= 4 is 0 Å². The van der Waals surface area contributed by atoms with Crippen molar-refractivity contribution < 1.29 is 23.7 Å². The molecule has 3 saturated heterocycles. The minimum absolute atomic E-state index is 0.0255. The molecule has 0 radical (unpaired) electrons. The fraction of sp³-hybridized carbons (Fsp3) is 0.478. The number of fused-ring (bicyclic) bond motifs is 2. The van der Waals surface area contributed by atoms with E-state index in [0.29, 0.717) is 13.2 Å².